The van der Waals surface area contributed by atoms with Gasteiger partial charge in [-0.15, -0.1) is 0 Å². The van der Waals surface area contributed by atoms with E-state index < -0.39 is 11.6 Å². The standard InChI is InChI=1S/C14H9F3N2S/c15-9-3-1-2-8(4-9)7-20-14-18-12-5-10(16)11(17)6-13(12)19-14/h1-6H,7H2,(H,18,19). The number of imidazole rings is 1. The summed E-state index contributed by atoms with van der Waals surface area (Å²) in [7, 11) is 0. The third-order valence-corrected chi connectivity index (χ3v) is 3.71. The quantitative estimate of drug-likeness (QED) is 0.731. The van der Waals surface area contributed by atoms with Crippen molar-refractivity contribution in [2.75, 3.05) is 0 Å². The fourth-order valence-electron chi connectivity index (χ4n) is 1.83. The van der Waals surface area contributed by atoms with Crippen LogP contribution in [0, 0.1) is 17.5 Å². The summed E-state index contributed by atoms with van der Waals surface area (Å²) in [6, 6.07) is 8.37. The molecule has 0 radical (unpaired) electrons. The van der Waals surface area contributed by atoms with E-state index in [0.29, 0.717) is 21.9 Å². The van der Waals surface area contributed by atoms with Crippen molar-refractivity contribution in [1.82, 2.24) is 9.97 Å². The summed E-state index contributed by atoms with van der Waals surface area (Å²) < 4.78 is 39.2. The minimum atomic E-state index is -0.925. The van der Waals surface area contributed by atoms with E-state index in [-0.39, 0.29) is 5.82 Å². The van der Waals surface area contributed by atoms with E-state index in [4.69, 9.17) is 0 Å². The molecule has 0 atom stereocenters. The van der Waals surface area contributed by atoms with Crippen LogP contribution in [0.2, 0.25) is 0 Å². The highest BCUT2D eigenvalue weighted by molar-refractivity contribution is 7.98. The summed E-state index contributed by atoms with van der Waals surface area (Å²) >= 11 is 1.34. The molecule has 2 nitrogen and oxygen atoms in total. The number of aromatic amines is 1. The fraction of sp³-hybridized carbons (Fsp3) is 0.0714. The van der Waals surface area contributed by atoms with Crippen molar-refractivity contribution < 1.29 is 13.2 Å². The van der Waals surface area contributed by atoms with Crippen molar-refractivity contribution in [3.63, 3.8) is 0 Å². The molecule has 0 aliphatic carbocycles. The monoisotopic (exact) mass is 294 g/mol. The van der Waals surface area contributed by atoms with E-state index in [0.717, 1.165) is 17.7 Å². The third kappa shape index (κ3) is 2.65. The molecule has 1 heterocycles. The van der Waals surface area contributed by atoms with E-state index in [1.165, 1.54) is 23.9 Å². The molecule has 2 aromatic carbocycles. The first-order chi connectivity index (χ1) is 9.61. The maximum Gasteiger partial charge on any atom is 0.166 e. The molecule has 0 fully saturated rings. The molecule has 6 heteroatoms. The zero-order valence-corrected chi connectivity index (χ0v) is 11.0. The molecule has 20 heavy (non-hydrogen) atoms. The summed E-state index contributed by atoms with van der Waals surface area (Å²) in [5, 5.41) is 0.536. The number of rotatable bonds is 3. The van der Waals surface area contributed by atoms with E-state index in [2.05, 4.69) is 9.97 Å². The van der Waals surface area contributed by atoms with Crippen LogP contribution in [-0.2, 0) is 5.75 Å². The predicted octanol–water partition coefficient (Wildman–Crippen LogP) is 4.27. The van der Waals surface area contributed by atoms with Crippen molar-refractivity contribution in [2.45, 2.75) is 10.9 Å². The van der Waals surface area contributed by atoms with Crippen LogP contribution >= 0.6 is 11.8 Å². The predicted molar refractivity (Wildman–Crippen MR) is 72.0 cm³/mol. The first-order valence-electron chi connectivity index (χ1n) is 5.84. The highest BCUT2D eigenvalue weighted by Crippen LogP contribution is 2.24. The van der Waals surface area contributed by atoms with Gasteiger partial charge in [-0.25, -0.2) is 18.2 Å². The molecule has 0 aliphatic heterocycles. The van der Waals surface area contributed by atoms with Gasteiger partial charge in [-0.3, -0.25) is 0 Å². The van der Waals surface area contributed by atoms with Gasteiger partial charge in [0, 0.05) is 17.9 Å². The maximum absolute atomic E-state index is 13.1. The Hall–Kier alpha value is -1.95. The van der Waals surface area contributed by atoms with E-state index in [9.17, 15) is 13.2 Å². The van der Waals surface area contributed by atoms with Crippen molar-refractivity contribution in [3.8, 4) is 0 Å². The Labute approximate surface area is 117 Å². The Bertz CT molecular complexity index is 731. The lowest BCUT2D eigenvalue weighted by Crippen LogP contribution is -1.83. The Kier molecular flexibility index (Phi) is 3.40. The Morgan fingerprint density at radius 2 is 1.85 bits per heavy atom. The van der Waals surface area contributed by atoms with Crippen molar-refractivity contribution in [3.05, 3.63) is 59.4 Å². The Morgan fingerprint density at radius 3 is 2.65 bits per heavy atom. The topological polar surface area (TPSA) is 28.7 Å². The molecule has 1 N–H and O–H groups in total. The van der Waals surface area contributed by atoms with Crippen LogP contribution in [0.4, 0.5) is 13.2 Å². The van der Waals surface area contributed by atoms with Gasteiger partial charge in [0.1, 0.15) is 5.82 Å². The molecule has 0 saturated heterocycles. The van der Waals surface area contributed by atoms with E-state index in [1.54, 1.807) is 12.1 Å². The number of aromatic nitrogens is 2. The fourth-order valence-corrected chi connectivity index (χ4v) is 2.66. The zero-order valence-electron chi connectivity index (χ0n) is 10.2. The summed E-state index contributed by atoms with van der Waals surface area (Å²) in [5.74, 6) is -1.62. The second-order valence-electron chi connectivity index (χ2n) is 4.24. The number of nitrogens with one attached hydrogen (secondary N) is 1. The van der Waals surface area contributed by atoms with Crippen LogP contribution in [0.25, 0.3) is 11.0 Å². The number of halogens is 3. The molecular formula is C14H9F3N2S. The Morgan fingerprint density at radius 1 is 1.05 bits per heavy atom. The lowest BCUT2D eigenvalue weighted by Gasteiger charge is -1.98. The normalized spacial score (nSPS) is 11.2. The number of fused-ring (bicyclic) bond motifs is 1. The van der Waals surface area contributed by atoms with Crippen LogP contribution in [0.15, 0.2) is 41.6 Å². The lowest BCUT2D eigenvalue weighted by atomic mass is 10.2. The molecule has 0 aliphatic rings. The minimum absolute atomic E-state index is 0.295. The van der Waals surface area contributed by atoms with Crippen molar-refractivity contribution >= 4 is 22.8 Å². The number of hydrogen-bond acceptors (Lipinski definition) is 2. The largest absolute Gasteiger partial charge is 0.333 e. The number of nitrogens with zero attached hydrogens (tertiary/aromatic N) is 1. The van der Waals surface area contributed by atoms with Crippen LogP contribution in [-0.4, -0.2) is 9.97 Å². The number of thioether (sulfide) groups is 1. The average molecular weight is 294 g/mol. The number of H-pyrrole nitrogens is 1. The number of hydrogen-bond donors (Lipinski definition) is 1. The molecule has 102 valence electrons. The average Bonchev–Trinajstić information content (AvgIpc) is 2.79. The molecule has 0 unspecified atom stereocenters. The second kappa shape index (κ2) is 5.20. The first kappa shape index (κ1) is 13.1. The van der Waals surface area contributed by atoms with Gasteiger partial charge < -0.3 is 4.98 Å². The van der Waals surface area contributed by atoms with Gasteiger partial charge in [-0.2, -0.15) is 0 Å². The van der Waals surface area contributed by atoms with Gasteiger partial charge >= 0.3 is 0 Å². The van der Waals surface area contributed by atoms with E-state index in [1.807, 2.05) is 0 Å². The zero-order chi connectivity index (χ0) is 14.1. The first-order valence-corrected chi connectivity index (χ1v) is 6.82. The molecule has 0 amide bonds. The number of benzene rings is 2. The molecular weight excluding hydrogens is 285 g/mol. The van der Waals surface area contributed by atoms with Crippen LogP contribution < -0.4 is 0 Å². The van der Waals surface area contributed by atoms with Gasteiger partial charge in [0.15, 0.2) is 16.8 Å². The molecule has 3 rings (SSSR count). The molecule has 3 aromatic rings. The highest BCUT2D eigenvalue weighted by atomic mass is 32.2. The van der Waals surface area contributed by atoms with Crippen molar-refractivity contribution in [1.29, 1.82) is 0 Å². The van der Waals surface area contributed by atoms with Gasteiger partial charge in [0.05, 0.1) is 11.0 Å². The summed E-state index contributed by atoms with van der Waals surface area (Å²) in [6.45, 7) is 0. The van der Waals surface area contributed by atoms with Crippen LogP contribution in [0.5, 0.6) is 0 Å². The molecule has 1 aromatic heterocycles. The van der Waals surface area contributed by atoms with Gasteiger partial charge in [0.25, 0.3) is 0 Å². The molecule has 0 spiro atoms. The van der Waals surface area contributed by atoms with Gasteiger partial charge in [0.2, 0.25) is 0 Å². The smallest absolute Gasteiger partial charge is 0.166 e. The SMILES string of the molecule is Fc1cccc(CSc2nc3cc(F)c(F)cc3[nH]2)c1. The summed E-state index contributed by atoms with van der Waals surface area (Å²) in [4.78, 5) is 7.06. The highest BCUT2D eigenvalue weighted by Gasteiger charge is 2.09. The minimum Gasteiger partial charge on any atom is -0.333 e. The third-order valence-electron chi connectivity index (χ3n) is 2.77. The van der Waals surface area contributed by atoms with Gasteiger partial charge in [-0.1, -0.05) is 23.9 Å². The van der Waals surface area contributed by atoms with E-state index >= 15 is 0 Å². The lowest BCUT2D eigenvalue weighted by molar-refractivity contribution is 0.510. The molecule has 0 saturated carbocycles. The van der Waals surface area contributed by atoms with Crippen molar-refractivity contribution in [2.24, 2.45) is 0 Å². The van der Waals surface area contributed by atoms with Gasteiger partial charge in [-0.05, 0) is 17.7 Å². The van der Waals surface area contributed by atoms with Crippen LogP contribution in [0.1, 0.15) is 5.56 Å². The maximum atomic E-state index is 13.1. The Balaban J connectivity index is 1.81. The van der Waals surface area contributed by atoms with Crippen LogP contribution in [0.3, 0.4) is 0 Å². The molecule has 0 bridgehead atoms. The second-order valence-corrected chi connectivity index (χ2v) is 5.21. The summed E-state index contributed by atoms with van der Waals surface area (Å²) in [6.07, 6.45) is 0. The summed E-state index contributed by atoms with van der Waals surface area (Å²) in [5.41, 5.74) is 1.61.